The summed E-state index contributed by atoms with van der Waals surface area (Å²) >= 11 is 0. The molecule has 2 N–H and O–H groups in total. The van der Waals surface area contributed by atoms with Crippen molar-refractivity contribution in [3.05, 3.63) is 35.9 Å². The van der Waals surface area contributed by atoms with Gasteiger partial charge in [-0.15, -0.1) is 0 Å². The van der Waals surface area contributed by atoms with Crippen LogP contribution in [-0.2, 0) is 20.8 Å². The maximum Gasteiger partial charge on any atom is 0.163 e. The smallest absolute Gasteiger partial charge is 0.163 e. The molecule has 116 valence electrons. The summed E-state index contributed by atoms with van der Waals surface area (Å²) in [5.41, 5.74) is 1.14. The van der Waals surface area contributed by atoms with Crippen LogP contribution < -0.4 is 5.32 Å². The van der Waals surface area contributed by atoms with E-state index in [1.54, 1.807) is 0 Å². The maximum atomic E-state index is 9.46. The monoisotopic (exact) mass is 293 g/mol. The minimum Gasteiger partial charge on any atom is -0.395 e. The number of aliphatic hydroxyl groups excluding tert-OH is 1. The van der Waals surface area contributed by atoms with Gasteiger partial charge in [0.05, 0.1) is 25.4 Å². The first-order chi connectivity index (χ1) is 10.1. The van der Waals surface area contributed by atoms with E-state index in [0.29, 0.717) is 13.2 Å². The van der Waals surface area contributed by atoms with E-state index in [-0.39, 0.29) is 31.0 Å². The highest BCUT2D eigenvalue weighted by Gasteiger charge is 2.51. The third kappa shape index (κ3) is 3.27. The van der Waals surface area contributed by atoms with Gasteiger partial charge in [0.25, 0.3) is 0 Å². The first-order valence-corrected chi connectivity index (χ1v) is 7.44. The van der Waals surface area contributed by atoms with E-state index in [1.165, 1.54) is 0 Å². The molecule has 2 heterocycles. The number of fused-ring (bicyclic) bond motifs is 1. The van der Waals surface area contributed by atoms with Gasteiger partial charge in [-0.1, -0.05) is 30.3 Å². The molecule has 0 aromatic heterocycles. The van der Waals surface area contributed by atoms with Crippen molar-refractivity contribution in [2.45, 2.75) is 50.6 Å². The van der Waals surface area contributed by atoms with Crippen LogP contribution in [0.25, 0.3) is 0 Å². The van der Waals surface area contributed by atoms with Gasteiger partial charge in [0.15, 0.2) is 5.79 Å². The second-order valence-corrected chi connectivity index (χ2v) is 6.10. The molecule has 0 amide bonds. The zero-order valence-electron chi connectivity index (χ0n) is 12.5. The standard InChI is InChI=1S/C16H23NO4/c1-16(2)20-14-12(9-18)17-8-13(15(14)21-16)19-10-11-6-4-3-5-7-11/h3-7,12-15,17-18H,8-10H2,1-2H3/t12-,13+,14-,15-/m1/s1. The van der Waals surface area contributed by atoms with Gasteiger partial charge >= 0.3 is 0 Å². The molecule has 5 nitrogen and oxygen atoms in total. The van der Waals surface area contributed by atoms with Crippen LogP contribution >= 0.6 is 0 Å². The molecular formula is C16H23NO4. The molecule has 0 bridgehead atoms. The molecule has 2 aliphatic rings. The Bertz CT molecular complexity index is 465. The van der Waals surface area contributed by atoms with Crippen molar-refractivity contribution in [2.24, 2.45) is 0 Å². The van der Waals surface area contributed by atoms with Crippen LogP contribution in [0.5, 0.6) is 0 Å². The van der Waals surface area contributed by atoms with Gasteiger partial charge in [-0.05, 0) is 19.4 Å². The van der Waals surface area contributed by atoms with Crippen molar-refractivity contribution in [2.75, 3.05) is 13.2 Å². The summed E-state index contributed by atoms with van der Waals surface area (Å²) in [6.45, 7) is 5.02. The van der Waals surface area contributed by atoms with E-state index >= 15 is 0 Å². The average Bonchev–Trinajstić information content (AvgIpc) is 2.81. The van der Waals surface area contributed by atoms with Crippen molar-refractivity contribution in [1.82, 2.24) is 5.32 Å². The number of benzene rings is 1. The summed E-state index contributed by atoms with van der Waals surface area (Å²) in [5, 5.41) is 12.7. The van der Waals surface area contributed by atoms with Crippen LogP contribution in [0.4, 0.5) is 0 Å². The lowest BCUT2D eigenvalue weighted by Gasteiger charge is -2.36. The Morgan fingerprint density at radius 1 is 1.24 bits per heavy atom. The highest BCUT2D eigenvalue weighted by Crippen LogP contribution is 2.34. The van der Waals surface area contributed by atoms with Gasteiger partial charge in [0.1, 0.15) is 12.2 Å². The molecule has 0 saturated carbocycles. The lowest BCUT2D eigenvalue weighted by molar-refractivity contribution is -0.157. The van der Waals surface area contributed by atoms with Crippen LogP contribution in [0.15, 0.2) is 30.3 Å². The molecule has 2 saturated heterocycles. The molecule has 1 aromatic carbocycles. The second-order valence-electron chi connectivity index (χ2n) is 6.10. The van der Waals surface area contributed by atoms with Crippen LogP contribution in [0, 0.1) is 0 Å². The van der Waals surface area contributed by atoms with Crippen molar-refractivity contribution >= 4 is 0 Å². The zero-order valence-corrected chi connectivity index (χ0v) is 12.5. The molecule has 0 aliphatic carbocycles. The lowest BCUT2D eigenvalue weighted by Crippen LogP contribution is -2.60. The number of nitrogens with one attached hydrogen (secondary N) is 1. The largest absolute Gasteiger partial charge is 0.395 e. The first kappa shape index (κ1) is 14.9. The Balaban J connectivity index is 1.66. The fraction of sp³-hybridized carbons (Fsp3) is 0.625. The van der Waals surface area contributed by atoms with E-state index in [1.807, 2.05) is 44.2 Å². The van der Waals surface area contributed by atoms with Crippen LogP contribution in [0.3, 0.4) is 0 Å². The van der Waals surface area contributed by atoms with Gasteiger partial charge in [-0.3, -0.25) is 0 Å². The van der Waals surface area contributed by atoms with Crippen molar-refractivity contribution < 1.29 is 19.3 Å². The number of hydrogen-bond acceptors (Lipinski definition) is 5. The van der Waals surface area contributed by atoms with Gasteiger partial charge in [0, 0.05) is 6.54 Å². The molecule has 1 aromatic rings. The van der Waals surface area contributed by atoms with Crippen molar-refractivity contribution in [1.29, 1.82) is 0 Å². The SMILES string of the molecule is CC1(C)O[C@H]2[C@H](O1)[C@@H](CO)NC[C@@H]2OCc1ccccc1. The third-order valence-corrected chi connectivity index (χ3v) is 4.01. The Hall–Kier alpha value is -0.980. The number of hydrogen-bond donors (Lipinski definition) is 2. The first-order valence-electron chi connectivity index (χ1n) is 7.44. The predicted octanol–water partition coefficient (Wildman–Crippen LogP) is 1.06. The van der Waals surface area contributed by atoms with Gasteiger partial charge in [-0.25, -0.2) is 0 Å². The summed E-state index contributed by atoms with van der Waals surface area (Å²) in [7, 11) is 0. The third-order valence-electron chi connectivity index (χ3n) is 4.01. The summed E-state index contributed by atoms with van der Waals surface area (Å²) in [4.78, 5) is 0. The highest BCUT2D eigenvalue weighted by molar-refractivity contribution is 5.13. The number of piperidine rings is 1. The van der Waals surface area contributed by atoms with Crippen LogP contribution in [0.1, 0.15) is 19.4 Å². The quantitative estimate of drug-likeness (QED) is 0.869. The normalized spacial score (nSPS) is 34.6. The molecule has 3 rings (SSSR count). The zero-order chi connectivity index (χ0) is 14.9. The molecule has 21 heavy (non-hydrogen) atoms. The Morgan fingerprint density at radius 3 is 2.67 bits per heavy atom. The summed E-state index contributed by atoms with van der Waals surface area (Å²) in [5.74, 6) is -0.636. The fourth-order valence-corrected chi connectivity index (χ4v) is 3.02. The summed E-state index contributed by atoms with van der Waals surface area (Å²) < 4.78 is 17.9. The number of rotatable bonds is 4. The van der Waals surface area contributed by atoms with E-state index < -0.39 is 5.79 Å². The van der Waals surface area contributed by atoms with E-state index in [4.69, 9.17) is 14.2 Å². The molecule has 0 unspecified atom stereocenters. The Kier molecular flexibility index (Phi) is 4.28. The topological polar surface area (TPSA) is 60.0 Å². The minimum atomic E-state index is -0.636. The molecular weight excluding hydrogens is 270 g/mol. The molecule has 5 heteroatoms. The van der Waals surface area contributed by atoms with Gasteiger partial charge in [-0.2, -0.15) is 0 Å². The van der Waals surface area contributed by atoms with E-state index in [9.17, 15) is 5.11 Å². The lowest BCUT2D eigenvalue weighted by atomic mass is 9.96. The predicted molar refractivity (Wildman–Crippen MR) is 77.7 cm³/mol. The highest BCUT2D eigenvalue weighted by atomic mass is 16.8. The second kappa shape index (κ2) is 6.02. The number of aliphatic hydroxyl groups is 1. The molecule has 4 atom stereocenters. The van der Waals surface area contributed by atoms with Crippen molar-refractivity contribution in [3.8, 4) is 0 Å². The summed E-state index contributed by atoms with van der Waals surface area (Å²) in [6, 6.07) is 9.97. The van der Waals surface area contributed by atoms with Gasteiger partial charge in [0.2, 0.25) is 0 Å². The van der Waals surface area contributed by atoms with Crippen LogP contribution in [-0.4, -0.2) is 48.4 Å². The minimum absolute atomic E-state index is 0.0337. The maximum absolute atomic E-state index is 9.46. The molecule has 2 aliphatic heterocycles. The van der Waals surface area contributed by atoms with E-state index in [2.05, 4.69) is 5.32 Å². The summed E-state index contributed by atoms with van der Waals surface area (Å²) in [6.07, 6.45) is -0.415. The molecule has 2 fully saturated rings. The van der Waals surface area contributed by atoms with Crippen molar-refractivity contribution in [3.63, 3.8) is 0 Å². The Morgan fingerprint density at radius 2 is 1.95 bits per heavy atom. The fourth-order valence-electron chi connectivity index (χ4n) is 3.02. The van der Waals surface area contributed by atoms with Gasteiger partial charge < -0.3 is 24.6 Å². The Labute approximate surface area is 125 Å². The number of ether oxygens (including phenoxy) is 3. The molecule has 0 radical (unpaired) electrons. The van der Waals surface area contributed by atoms with E-state index in [0.717, 1.165) is 5.56 Å². The average molecular weight is 293 g/mol. The molecule has 0 spiro atoms. The van der Waals surface area contributed by atoms with Crippen LogP contribution in [0.2, 0.25) is 0 Å².